The fraction of sp³-hybridized carbons (Fsp3) is 1.00. The predicted molar refractivity (Wildman–Crippen MR) is 33.6 cm³/mol. The molecule has 0 aromatic rings. The molecule has 0 radical (unpaired) electrons. The smallest absolute Gasteiger partial charge is 0.0984 e. The van der Waals surface area contributed by atoms with Crippen LogP contribution in [0.5, 0.6) is 0 Å². The van der Waals surface area contributed by atoms with Gasteiger partial charge >= 0.3 is 0 Å². The van der Waals surface area contributed by atoms with Crippen molar-refractivity contribution < 1.29 is 4.39 Å². The van der Waals surface area contributed by atoms with Crippen molar-refractivity contribution in [1.82, 2.24) is 0 Å². The molecule has 2 heteroatoms. The molecule has 0 bridgehead atoms. The van der Waals surface area contributed by atoms with E-state index in [9.17, 15) is 4.39 Å². The molecule has 0 spiro atoms. The van der Waals surface area contributed by atoms with Crippen molar-refractivity contribution in [1.29, 1.82) is 0 Å². The van der Waals surface area contributed by atoms with Crippen LogP contribution in [0.2, 0.25) is 0 Å². The van der Waals surface area contributed by atoms with Gasteiger partial charge in [0.25, 0.3) is 0 Å². The Kier molecular flexibility index (Phi) is 3.62. The Bertz CT molecular complexity index is 37.3. The molecule has 2 unspecified atom stereocenters. The summed E-state index contributed by atoms with van der Waals surface area (Å²) in [7, 11) is 0. The highest BCUT2D eigenvalue weighted by Gasteiger charge is 2.01. The zero-order valence-corrected chi connectivity index (χ0v) is 6.20. The lowest BCUT2D eigenvalue weighted by Crippen LogP contribution is -1.99. The van der Waals surface area contributed by atoms with E-state index in [1.54, 1.807) is 6.92 Å². The first-order chi connectivity index (χ1) is 3.13. The fourth-order valence-corrected chi connectivity index (χ4v) is 0.963. The first-order valence-electron chi connectivity index (χ1n) is 2.41. The van der Waals surface area contributed by atoms with Crippen molar-refractivity contribution in [3.8, 4) is 0 Å². The van der Waals surface area contributed by atoms with Gasteiger partial charge in [0.15, 0.2) is 0 Å². The van der Waals surface area contributed by atoms with Crippen LogP contribution in [0.25, 0.3) is 0 Å². The van der Waals surface area contributed by atoms with Crippen LogP contribution in [0, 0.1) is 0 Å². The second-order valence-corrected chi connectivity index (χ2v) is 3.36. The monoisotopic (exact) mass is 168 g/mol. The lowest BCUT2D eigenvalue weighted by atomic mass is 10.2. The minimum absolute atomic E-state index is 0.312. The van der Waals surface area contributed by atoms with Gasteiger partial charge in [-0.25, -0.2) is 4.39 Å². The number of hydrogen-bond donors (Lipinski definition) is 0. The normalized spacial score (nSPS) is 18.9. The molecule has 7 heavy (non-hydrogen) atoms. The summed E-state index contributed by atoms with van der Waals surface area (Å²) in [6, 6.07) is 0. The van der Waals surface area contributed by atoms with Crippen LogP contribution in [0.1, 0.15) is 20.3 Å². The Labute approximate surface area is 52.2 Å². The minimum atomic E-state index is -0.672. The summed E-state index contributed by atoms with van der Waals surface area (Å²) >= 11 is 3.23. The zero-order chi connectivity index (χ0) is 5.86. The van der Waals surface area contributed by atoms with Crippen LogP contribution >= 0.6 is 15.9 Å². The Hall–Kier alpha value is 0.410. The van der Waals surface area contributed by atoms with Crippen LogP contribution in [-0.2, 0) is 0 Å². The largest absolute Gasteiger partial charge is 0.248 e. The van der Waals surface area contributed by atoms with Gasteiger partial charge in [-0.3, -0.25) is 0 Å². The molecule has 0 heterocycles. The van der Waals surface area contributed by atoms with Gasteiger partial charge in [-0.05, 0) is 13.3 Å². The van der Waals surface area contributed by atoms with E-state index in [1.165, 1.54) is 0 Å². The van der Waals surface area contributed by atoms with Crippen molar-refractivity contribution in [3.05, 3.63) is 0 Å². The van der Waals surface area contributed by atoms with Crippen molar-refractivity contribution in [3.63, 3.8) is 0 Å². The Balaban J connectivity index is 2.95. The standard InChI is InChI=1S/C5H10BrF/c1-4(6)3-5(2)7/h4-5H,3H2,1-2H3. The van der Waals surface area contributed by atoms with E-state index in [0.717, 1.165) is 0 Å². The number of rotatable bonds is 2. The van der Waals surface area contributed by atoms with Gasteiger partial charge in [0, 0.05) is 4.83 Å². The second kappa shape index (κ2) is 3.42. The van der Waals surface area contributed by atoms with Crippen molar-refractivity contribution in [2.45, 2.75) is 31.3 Å². The molecule has 0 aromatic carbocycles. The van der Waals surface area contributed by atoms with Crippen LogP contribution in [0.15, 0.2) is 0 Å². The predicted octanol–water partition coefficient (Wildman–Crippen LogP) is 2.52. The molecule has 0 saturated carbocycles. The molecule has 0 aliphatic carbocycles. The molecule has 0 aliphatic heterocycles. The molecular formula is C5H10BrF. The van der Waals surface area contributed by atoms with Crippen LogP contribution in [0.4, 0.5) is 4.39 Å². The Morgan fingerprint density at radius 1 is 1.57 bits per heavy atom. The number of alkyl halides is 2. The maximum atomic E-state index is 11.9. The van der Waals surface area contributed by atoms with Gasteiger partial charge in [0.1, 0.15) is 0 Å². The van der Waals surface area contributed by atoms with E-state index in [0.29, 0.717) is 11.2 Å². The molecule has 0 saturated heterocycles. The van der Waals surface area contributed by atoms with Crippen LogP contribution < -0.4 is 0 Å². The summed E-state index contributed by atoms with van der Waals surface area (Å²) in [5.74, 6) is 0. The van der Waals surface area contributed by atoms with Crippen molar-refractivity contribution in [2.24, 2.45) is 0 Å². The van der Waals surface area contributed by atoms with E-state index < -0.39 is 6.17 Å². The second-order valence-electron chi connectivity index (χ2n) is 1.80. The first-order valence-corrected chi connectivity index (χ1v) is 3.32. The first kappa shape index (κ1) is 7.41. The molecule has 0 aromatic heterocycles. The highest BCUT2D eigenvalue weighted by molar-refractivity contribution is 9.09. The number of hydrogen-bond acceptors (Lipinski definition) is 0. The van der Waals surface area contributed by atoms with E-state index in [4.69, 9.17) is 0 Å². The summed E-state index contributed by atoms with van der Waals surface area (Å²) in [6.45, 7) is 3.51. The minimum Gasteiger partial charge on any atom is -0.248 e. The number of halogens is 2. The van der Waals surface area contributed by atoms with E-state index >= 15 is 0 Å². The van der Waals surface area contributed by atoms with Crippen LogP contribution in [-0.4, -0.2) is 11.0 Å². The maximum Gasteiger partial charge on any atom is 0.0984 e. The lowest BCUT2D eigenvalue weighted by Gasteiger charge is -2.00. The quantitative estimate of drug-likeness (QED) is 0.557. The molecule has 2 atom stereocenters. The summed E-state index contributed by atoms with van der Waals surface area (Å²) in [5, 5.41) is 0. The molecule has 0 aliphatic rings. The summed E-state index contributed by atoms with van der Waals surface area (Å²) < 4.78 is 11.9. The molecule has 0 N–H and O–H groups in total. The third-order valence-corrected chi connectivity index (χ3v) is 1.02. The van der Waals surface area contributed by atoms with Gasteiger partial charge in [-0.1, -0.05) is 22.9 Å². The molecule has 44 valence electrons. The summed E-state index contributed by atoms with van der Waals surface area (Å²) in [4.78, 5) is 0.312. The third-order valence-electron chi connectivity index (χ3n) is 0.650. The van der Waals surface area contributed by atoms with Gasteiger partial charge in [0.05, 0.1) is 6.17 Å². The molecule has 0 fully saturated rings. The molecular weight excluding hydrogens is 159 g/mol. The van der Waals surface area contributed by atoms with Gasteiger partial charge in [-0.15, -0.1) is 0 Å². The van der Waals surface area contributed by atoms with Crippen LogP contribution in [0.3, 0.4) is 0 Å². The van der Waals surface area contributed by atoms with Gasteiger partial charge in [-0.2, -0.15) is 0 Å². The summed E-state index contributed by atoms with van der Waals surface area (Å²) in [5.41, 5.74) is 0. The van der Waals surface area contributed by atoms with E-state index in [1.807, 2.05) is 6.92 Å². The van der Waals surface area contributed by atoms with E-state index in [2.05, 4.69) is 15.9 Å². The fourth-order valence-electron chi connectivity index (χ4n) is 0.448. The third kappa shape index (κ3) is 6.41. The van der Waals surface area contributed by atoms with Crippen molar-refractivity contribution >= 4 is 15.9 Å². The van der Waals surface area contributed by atoms with Gasteiger partial charge < -0.3 is 0 Å². The van der Waals surface area contributed by atoms with E-state index in [-0.39, 0.29) is 0 Å². The molecule has 0 amide bonds. The SMILES string of the molecule is CC(F)CC(C)Br. The Morgan fingerprint density at radius 2 is 2.00 bits per heavy atom. The molecule has 0 rings (SSSR count). The highest BCUT2D eigenvalue weighted by Crippen LogP contribution is 2.08. The molecule has 0 nitrogen and oxygen atoms in total. The topological polar surface area (TPSA) is 0 Å². The van der Waals surface area contributed by atoms with Crippen molar-refractivity contribution in [2.75, 3.05) is 0 Å². The average Bonchev–Trinajstić information content (AvgIpc) is 1.27. The Morgan fingerprint density at radius 3 is 2.00 bits per heavy atom. The average molecular weight is 169 g/mol. The lowest BCUT2D eigenvalue weighted by molar-refractivity contribution is 0.343. The maximum absolute atomic E-state index is 11.9. The van der Waals surface area contributed by atoms with Gasteiger partial charge in [0.2, 0.25) is 0 Å². The summed E-state index contributed by atoms with van der Waals surface area (Å²) in [6.07, 6.45) is -0.0608. The zero-order valence-electron chi connectivity index (χ0n) is 4.62. The highest BCUT2D eigenvalue weighted by atomic mass is 79.9.